The van der Waals surface area contributed by atoms with Crippen LogP contribution in [0.5, 0.6) is 0 Å². The monoisotopic (exact) mass is 175 g/mol. The Labute approximate surface area is 58.1 Å². The van der Waals surface area contributed by atoms with Crippen LogP contribution in [0.1, 0.15) is 13.3 Å². The second-order valence-corrected chi connectivity index (χ2v) is 3.38. The van der Waals surface area contributed by atoms with Gasteiger partial charge >= 0.3 is 0 Å². The summed E-state index contributed by atoms with van der Waals surface area (Å²) in [6.45, 7) is 2.11. The van der Waals surface area contributed by atoms with Gasteiger partial charge in [-0.1, -0.05) is 27.6 Å². The molecule has 0 spiro atoms. The third-order valence-electron chi connectivity index (χ3n) is 1.41. The van der Waals surface area contributed by atoms with E-state index in [0.29, 0.717) is 10.9 Å². The number of hydrogen-bond donors (Lipinski definition) is 1. The summed E-state index contributed by atoms with van der Waals surface area (Å²) in [5.41, 5.74) is 7.07. The fourth-order valence-electron chi connectivity index (χ4n) is 0.948. The molecule has 0 heterocycles. The van der Waals surface area contributed by atoms with E-state index in [2.05, 4.69) is 28.9 Å². The summed E-state index contributed by atoms with van der Waals surface area (Å²) in [7, 11) is 0. The summed E-state index contributed by atoms with van der Waals surface area (Å²) in [6, 6.07) is 0.315. The molecule has 0 amide bonds. The molecular formula is C6H10BrN. The van der Waals surface area contributed by atoms with Crippen molar-refractivity contribution < 1.29 is 0 Å². The number of hydrogen-bond acceptors (Lipinski definition) is 1. The van der Waals surface area contributed by atoms with Crippen LogP contribution in [-0.2, 0) is 0 Å². The lowest BCUT2D eigenvalue weighted by Gasteiger charge is -2.04. The van der Waals surface area contributed by atoms with Gasteiger partial charge in [-0.15, -0.1) is 0 Å². The van der Waals surface area contributed by atoms with Crippen molar-refractivity contribution in [2.45, 2.75) is 24.2 Å². The molecule has 1 rings (SSSR count). The zero-order valence-electron chi connectivity index (χ0n) is 4.89. The normalized spacial score (nSPS) is 37.6. The van der Waals surface area contributed by atoms with E-state index in [1.54, 1.807) is 0 Å². The van der Waals surface area contributed by atoms with Crippen molar-refractivity contribution in [3.05, 3.63) is 11.6 Å². The van der Waals surface area contributed by atoms with E-state index in [-0.39, 0.29) is 0 Å². The molecule has 0 fully saturated rings. The first-order valence-electron chi connectivity index (χ1n) is 2.77. The molecule has 0 aromatic carbocycles. The van der Waals surface area contributed by atoms with Crippen LogP contribution in [0.4, 0.5) is 0 Å². The maximum Gasteiger partial charge on any atom is 0.0482 e. The highest BCUT2D eigenvalue weighted by Gasteiger charge is 2.18. The van der Waals surface area contributed by atoms with Crippen LogP contribution >= 0.6 is 15.9 Å². The Morgan fingerprint density at radius 1 is 1.88 bits per heavy atom. The molecule has 0 bridgehead atoms. The predicted octanol–water partition coefficient (Wildman–Crippen LogP) is 1.43. The van der Waals surface area contributed by atoms with E-state index in [4.69, 9.17) is 5.73 Å². The van der Waals surface area contributed by atoms with E-state index in [1.165, 1.54) is 5.57 Å². The van der Waals surface area contributed by atoms with Gasteiger partial charge in [0.1, 0.15) is 0 Å². The van der Waals surface area contributed by atoms with Gasteiger partial charge in [0.05, 0.1) is 0 Å². The fourth-order valence-corrected chi connectivity index (χ4v) is 1.59. The van der Waals surface area contributed by atoms with Gasteiger partial charge in [-0.3, -0.25) is 0 Å². The molecule has 1 aliphatic carbocycles. The summed E-state index contributed by atoms with van der Waals surface area (Å²) in [4.78, 5) is 0.419. The maximum atomic E-state index is 5.67. The quantitative estimate of drug-likeness (QED) is 0.438. The molecule has 0 aliphatic heterocycles. The van der Waals surface area contributed by atoms with Crippen LogP contribution < -0.4 is 5.73 Å². The minimum absolute atomic E-state index is 0.315. The Balaban J connectivity index is 2.56. The molecule has 8 heavy (non-hydrogen) atoms. The van der Waals surface area contributed by atoms with E-state index in [1.807, 2.05) is 0 Å². The minimum atomic E-state index is 0.315. The molecule has 0 saturated heterocycles. The number of halogens is 1. The number of nitrogens with two attached hydrogens (primary N) is 1. The SMILES string of the molecule is CC1=C[C@@H](Br)[C@@H](N)C1. The number of rotatable bonds is 0. The highest BCUT2D eigenvalue weighted by molar-refractivity contribution is 9.09. The van der Waals surface area contributed by atoms with Crippen molar-refractivity contribution in [2.24, 2.45) is 5.73 Å². The average Bonchev–Trinajstić information content (AvgIpc) is 1.85. The van der Waals surface area contributed by atoms with Crippen LogP contribution in [-0.4, -0.2) is 10.9 Å². The first-order chi connectivity index (χ1) is 3.70. The largest absolute Gasteiger partial charge is 0.326 e. The third kappa shape index (κ3) is 1.12. The van der Waals surface area contributed by atoms with E-state index in [9.17, 15) is 0 Å². The Morgan fingerprint density at radius 3 is 2.62 bits per heavy atom. The third-order valence-corrected chi connectivity index (χ3v) is 2.35. The van der Waals surface area contributed by atoms with Gasteiger partial charge < -0.3 is 5.73 Å². The Bertz CT molecular complexity index is 120. The lowest BCUT2D eigenvalue weighted by atomic mass is 10.2. The summed E-state index contributed by atoms with van der Waals surface area (Å²) < 4.78 is 0. The van der Waals surface area contributed by atoms with E-state index in [0.717, 1.165) is 6.42 Å². The van der Waals surface area contributed by atoms with Gasteiger partial charge in [-0.05, 0) is 13.3 Å². The van der Waals surface area contributed by atoms with Crippen molar-refractivity contribution >= 4 is 15.9 Å². The summed E-state index contributed by atoms with van der Waals surface area (Å²) in [5.74, 6) is 0. The molecule has 46 valence electrons. The van der Waals surface area contributed by atoms with Crippen LogP contribution in [0.15, 0.2) is 11.6 Å². The predicted molar refractivity (Wildman–Crippen MR) is 39.1 cm³/mol. The summed E-state index contributed by atoms with van der Waals surface area (Å²) in [6.07, 6.45) is 3.22. The molecule has 1 nitrogen and oxygen atoms in total. The molecule has 0 radical (unpaired) electrons. The van der Waals surface area contributed by atoms with Gasteiger partial charge in [0.2, 0.25) is 0 Å². The molecule has 2 N–H and O–H groups in total. The van der Waals surface area contributed by atoms with Crippen LogP contribution in [0.2, 0.25) is 0 Å². The van der Waals surface area contributed by atoms with Crippen LogP contribution in [0.3, 0.4) is 0 Å². The first kappa shape index (κ1) is 6.30. The van der Waals surface area contributed by atoms with Crippen molar-refractivity contribution in [1.29, 1.82) is 0 Å². The Kier molecular flexibility index (Phi) is 1.73. The molecule has 1 aliphatic rings. The Hall–Kier alpha value is 0.180. The fraction of sp³-hybridized carbons (Fsp3) is 0.667. The highest BCUT2D eigenvalue weighted by Crippen LogP contribution is 2.22. The molecule has 0 unspecified atom stereocenters. The summed E-state index contributed by atoms with van der Waals surface area (Å²) in [5, 5.41) is 0. The topological polar surface area (TPSA) is 26.0 Å². The lowest BCUT2D eigenvalue weighted by molar-refractivity contribution is 0.738. The second-order valence-electron chi connectivity index (χ2n) is 2.33. The van der Waals surface area contributed by atoms with Gasteiger partial charge in [-0.25, -0.2) is 0 Å². The molecule has 0 aromatic heterocycles. The molecule has 0 saturated carbocycles. The molecule has 0 aromatic rings. The summed E-state index contributed by atoms with van der Waals surface area (Å²) >= 11 is 3.44. The zero-order chi connectivity index (χ0) is 6.15. The minimum Gasteiger partial charge on any atom is -0.326 e. The van der Waals surface area contributed by atoms with Crippen LogP contribution in [0.25, 0.3) is 0 Å². The second kappa shape index (κ2) is 2.19. The Morgan fingerprint density at radius 2 is 2.50 bits per heavy atom. The van der Waals surface area contributed by atoms with Gasteiger partial charge in [0.25, 0.3) is 0 Å². The highest BCUT2D eigenvalue weighted by atomic mass is 79.9. The lowest BCUT2D eigenvalue weighted by Crippen LogP contribution is -2.24. The van der Waals surface area contributed by atoms with Crippen molar-refractivity contribution in [2.75, 3.05) is 0 Å². The van der Waals surface area contributed by atoms with Crippen molar-refractivity contribution in [3.63, 3.8) is 0 Å². The number of alkyl halides is 1. The zero-order valence-corrected chi connectivity index (χ0v) is 6.48. The maximum absolute atomic E-state index is 5.67. The van der Waals surface area contributed by atoms with Crippen molar-refractivity contribution in [1.82, 2.24) is 0 Å². The van der Waals surface area contributed by atoms with Gasteiger partial charge in [-0.2, -0.15) is 0 Å². The smallest absolute Gasteiger partial charge is 0.0482 e. The standard InChI is InChI=1S/C6H10BrN/c1-4-2-5(7)6(8)3-4/h2,5-6H,3,8H2,1H3/t5-,6+/m1/s1. The average molecular weight is 176 g/mol. The molecule has 2 heteroatoms. The molecular weight excluding hydrogens is 166 g/mol. The van der Waals surface area contributed by atoms with Gasteiger partial charge in [0.15, 0.2) is 0 Å². The molecule has 2 atom stereocenters. The van der Waals surface area contributed by atoms with E-state index < -0.39 is 0 Å². The van der Waals surface area contributed by atoms with E-state index >= 15 is 0 Å². The first-order valence-corrected chi connectivity index (χ1v) is 3.68. The van der Waals surface area contributed by atoms with Crippen LogP contribution in [0, 0.1) is 0 Å². The van der Waals surface area contributed by atoms with Gasteiger partial charge in [0, 0.05) is 10.9 Å². The van der Waals surface area contributed by atoms with Crippen molar-refractivity contribution in [3.8, 4) is 0 Å².